The van der Waals surface area contributed by atoms with Crippen molar-refractivity contribution in [2.75, 3.05) is 27.8 Å². The number of methoxy groups -OCH3 is 2. The average molecular weight is 208 g/mol. The number of hydrogen-bond donors (Lipinski definition) is 0. The fourth-order valence-corrected chi connectivity index (χ4v) is 0.284. The first-order valence-corrected chi connectivity index (χ1v) is 3.79. The molecule has 0 unspecified atom stereocenters. The molecule has 0 saturated heterocycles. The zero-order chi connectivity index (χ0) is 11.4. The summed E-state index contributed by atoms with van der Waals surface area (Å²) >= 11 is 0. The van der Waals surface area contributed by atoms with Gasteiger partial charge in [0.2, 0.25) is 0 Å². The number of esters is 2. The molecule has 0 amide bonds. The Morgan fingerprint density at radius 3 is 1.21 bits per heavy atom. The molecule has 0 heterocycles. The zero-order valence-corrected chi connectivity index (χ0v) is 8.86. The van der Waals surface area contributed by atoms with Gasteiger partial charge in [0.25, 0.3) is 0 Å². The fraction of sp³-hybridized carbons (Fsp3) is 0.750. The molecule has 14 heavy (non-hydrogen) atoms. The van der Waals surface area contributed by atoms with Crippen molar-refractivity contribution in [2.24, 2.45) is 0 Å². The molecule has 0 aromatic heterocycles. The van der Waals surface area contributed by atoms with E-state index in [2.05, 4.69) is 18.9 Å². The van der Waals surface area contributed by atoms with Gasteiger partial charge >= 0.3 is 11.9 Å². The Morgan fingerprint density at radius 2 is 1.14 bits per heavy atom. The first kappa shape index (κ1) is 15.3. The van der Waals surface area contributed by atoms with Crippen LogP contribution in [0.2, 0.25) is 0 Å². The van der Waals surface area contributed by atoms with Gasteiger partial charge in [0.05, 0.1) is 0 Å². The molecule has 0 aliphatic heterocycles. The lowest BCUT2D eigenvalue weighted by molar-refractivity contribution is -0.152. The summed E-state index contributed by atoms with van der Waals surface area (Å²) in [6, 6.07) is 0. The van der Waals surface area contributed by atoms with Crippen molar-refractivity contribution < 1.29 is 28.5 Å². The van der Waals surface area contributed by atoms with Gasteiger partial charge in [-0.05, 0) is 0 Å². The van der Waals surface area contributed by atoms with Crippen LogP contribution in [0.3, 0.4) is 0 Å². The topological polar surface area (TPSA) is 71.1 Å². The number of rotatable bonds is 4. The Bertz CT molecular complexity index is 138. The molecular weight excluding hydrogens is 192 g/mol. The van der Waals surface area contributed by atoms with Gasteiger partial charge in [-0.25, -0.2) is 0 Å². The molecule has 0 aromatic carbocycles. The minimum Gasteiger partial charge on any atom is -0.439 e. The quantitative estimate of drug-likeness (QED) is 0.489. The molecule has 84 valence electrons. The van der Waals surface area contributed by atoms with E-state index in [1.54, 1.807) is 0 Å². The van der Waals surface area contributed by atoms with Gasteiger partial charge < -0.3 is 18.9 Å². The number of carbonyl (C=O) groups is 2. The predicted octanol–water partition coefficient (Wildman–Crippen LogP) is 0.307. The Morgan fingerprint density at radius 1 is 0.857 bits per heavy atom. The van der Waals surface area contributed by atoms with Gasteiger partial charge in [-0.2, -0.15) is 0 Å². The summed E-state index contributed by atoms with van der Waals surface area (Å²) in [6.07, 6.45) is 0. The summed E-state index contributed by atoms with van der Waals surface area (Å²) < 4.78 is 17.5. The van der Waals surface area contributed by atoms with Gasteiger partial charge in [0, 0.05) is 28.1 Å². The van der Waals surface area contributed by atoms with Gasteiger partial charge in [0.1, 0.15) is 0 Å². The maximum absolute atomic E-state index is 9.90. The highest BCUT2D eigenvalue weighted by Crippen LogP contribution is 1.73. The molecule has 0 spiro atoms. The van der Waals surface area contributed by atoms with Crippen LogP contribution in [0.15, 0.2) is 0 Å². The zero-order valence-electron chi connectivity index (χ0n) is 8.86. The van der Waals surface area contributed by atoms with Crippen molar-refractivity contribution in [1.29, 1.82) is 0 Å². The van der Waals surface area contributed by atoms with Crippen molar-refractivity contribution in [2.45, 2.75) is 13.8 Å². The van der Waals surface area contributed by atoms with Crippen LogP contribution >= 0.6 is 0 Å². The summed E-state index contributed by atoms with van der Waals surface area (Å²) in [5.74, 6) is -0.635. The molecule has 0 radical (unpaired) electrons. The highest BCUT2D eigenvalue weighted by molar-refractivity contribution is 5.65. The highest BCUT2D eigenvalue weighted by atomic mass is 16.7. The first-order chi connectivity index (χ1) is 6.54. The average Bonchev–Trinajstić information content (AvgIpc) is 2.12. The predicted molar refractivity (Wildman–Crippen MR) is 47.3 cm³/mol. The second kappa shape index (κ2) is 11.9. The van der Waals surface area contributed by atoms with E-state index < -0.39 is 0 Å². The second-order valence-corrected chi connectivity index (χ2v) is 2.08. The molecule has 0 aromatic rings. The lowest BCUT2D eigenvalue weighted by Crippen LogP contribution is -2.00. The standard InChI is InChI=1S/2C4H8O3/c2*1-4(5)7-3-6-2/h2*3H2,1-2H3. The summed E-state index contributed by atoms with van der Waals surface area (Å²) in [6.45, 7) is 2.77. The molecule has 0 saturated carbocycles. The van der Waals surface area contributed by atoms with Crippen LogP contribution in [-0.2, 0) is 28.5 Å². The van der Waals surface area contributed by atoms with Crippen LogP contribution in [0, 0.1) is 0 Å². The summed E-state index contributed by atoms with van der Waals surface area (Å²) in [5.41, 5.74) is 0. The van der Waals surface area contributed by atoms with Crippen molar-refractivity contribution in [3.05, 3.63) is 0 Å². The van der Waals surface area contributed by atoms with Crippen molar-refractivity contribution in [1.82, 2.24) is 0 Å². The SMILES string of the molecule is COCOC(C)=O.COCOC(C)=O. The van der Waals surface area contributed by atoms with Gasteiger partial charge in [-0.15, -0.1) is 0 Å². The second-order valence-electron chi connectivity index (χ2n) is 2.08. The normalized spacial score (nSPS) is 8.29. The third-order valence-electron chi connectivity index (χ3n) is 0.760. The highest BCUT2D eigenvalue weighted by Gasteiger charge is 1.86. The maximum Gasteiger partial charge on any atom is 0.304 e. The van der Waals surface area contributed by atoms with Crippen LogP contribution < -0.4 is 0 Å². The summed E-state index contributed by atoms with van der Waals surface area (Å²) in [7, 11) is 2.92. The Hall–Kier alpha value is -1.14. The van der Waals surface area contributed by atoms with Crippen LogP contribution in [0.1, 0.15) is 13.8 Å². The number of ether oxygens (including phenoxy) is 4. The Balaban J connectivity index is 0. The van der Waals surface area contributed by atoms with E-state index in [0.29, 0.717) is 0 Å². The van der Waals surface area contributed by atoms with Gasteiger partial charge in [-0.3, -0.25) is 9.59 Å². The van der Waals surface area contributed by atoms with E-state index >= 15 is 0 Å². The molecule has 0 fully saturated rings. The number of carbonyl (C=O) groups excluding carboxylic acids is 2. The van der Waals surface area contributed by atoms with Crippen molar-refractivity contribution in [3.8, 4) is 0 Å². The Labute approximate surface area is 83.1 Å². The first-order valence-electron chi connectivity index (χ1n) is 3.79. The maximum atomic E-state index is 9.90. The molecule has 0 aliphatic carbocycles. The molecule has 0 rings (SSSR count). The van der Waals surface area contributed by atoms with E-state index in [0.717, 1.165) is 0 Å². The molecule has 0 N–H and O–H groups in total. The summed E-state index contributed by atoms with van der Waals surface area (Å²) in [4.78, 5) is 19.8. The molecule has 0 aliphatic rings. The monoisotopic (exact) mass is 208 g/mol. The minimum atomic E-state index is -0.318. The van der Waals surface area contributed by atoms with E-state index in [4.69, 9.17) is 0 Å². The third kappa shape index (κ3) is 22.4. The van der Waals surface area contributed by atoms with Gasteiger partial charge in [0.15, 0.2) is 13.6 Å². The van der Waals surface area contributed by atoms with Crippen molar-refractivity contribution >= 4 is 11.9 Å². The Kier molecular flexibility index (Phi) is 13.0. The largest absolute Gasteiger partial charge is 0.439 e. The molecule has 0 bridgehead atoms. The lowest BCUT2D eigenvalue weighted by atomic mass is 10.8. The lowest BCUT2D eigenvalue weighted by Gasteiger charge is -1.95. The molecular formula is C8H16O6. The van der Waals surface area contributed by atoms with E-state index in [1.807, 2.05) is 0 Å². The van der Waals surface area contributed by atoms with Crippen LogP contribution in [-0.4, -0.2) is 39.7 Å². The van der Waals surface area contributed by atoms with Crippen molar-refractivity contribution in [3.63, 3.8) is 0 Å². The van der Waals surface area contributed by atoms with Gasteiger partial charge in [-0.1, -0.05) is 0 Å². The third-order valence-corrected chi connectivity index (χ3v) is 0.760. The minimum absolute atomic E-state index is 0.0509. The van der Waals surface area contributed by atoms with E-state index in [1.165, 1.54) is 28.1 Å². The van der Waals surface area contributed by atoms with E-state index in [9.17, 15) is 9.59 Å². The molecule has 6 heteroatoms. The molecule has 0 atom stereocenters. The molecule has 6 nitrogen and oxygen atoms in total. The van der Waals surface area contributed by atoms with Crippen LogP contribution in [0.4, 0.5) is 0 Å². The van der Waals surface area contributed by atoms with Crippen LogP contribution in [0.25, 0.3) is 0 Å². The fourth-order valence-electron chi connectivity index (χ4n) is 0.284. The summed E-state index contributed by atoms with van der Waals surface area (Å²) in [5, 5.41) is 0. The number of hydrogen-bond acceptors (Lipinski definition) is 6. The smallest absolute Gasteiger partial charge is 0.304 e. The van der Waals surface area contributed by atoms with E-state index in [-0.39, 0.29) is 25.5 Å². The van der Waals surface area contributed by atoms with Crippen LogP contribution in [0.5, 0.6) is 0 Å².